The molecule has 1 fully saturated rings. The van der Waals surface area contributed by atoms with E-state index >= 15 is 0 Å². The molecule has 0 radical (unpaired) electrons. The summed E-state index contributed by atoms with van der Waals surface area (Å²) in [5.74, 6) is 0.894. The Balaban J connectivity index is 2.09. The summed E-state index contributed by atoms with van der Waals surface area (Å²) in [7, 11) is 0. The topological polar surface area (TPSA) is 87.6 Å². The van der Waals surface area contributed by atoms with Crippen LogP contribution in [0.1, 0.15) is 39.0 Å². The van der Waals surface area contributed by atoms with Crippen LogP contribution in [0.3, 0.4) is 0 Å². The molecule has 0 atom stereocenters. The third kappa shape index (κ3) is 4.32. The van der Waals surface area contributed by atoms with Gasteiger partial charge in [0.1, 0.15) is 18.1 Å². The quantitative estimate of drug-likeness (QED) is 0.617. The lowest BCUT2D eigenvalue weighted by atomic mass is 10.0. The van der Waals surface area contributed by atoms with E-state index in [0.29, 0.717) is 24.7 Å². The molecule has 0 saturated heterocycles. The second-order valence-corrected chi connectivity index (χ2v) is 5.63. The standard InChI is InChI=1S/C15H22N2O4/c1-2-7-20-13-8-12(17(18)19)9-14(10-13)21-11-15(16)5-3-4-6-15/h8-10H,2-7,11,16H2,1H3. The molecule has 0 aromatic heterocycles. The number of rotatable bonds is 7. The van der Waals surface area contributed by atoms with E-state index in [9.17, 15) is 10.1 Å². The van der Waals surface area contributed by atoms with Crippen LogP contribution in [0.2, 0.25) is 0 Å². The molecule has 0 amide bonds. The first kappa shape index (κ1) is 15.6. The van der Waals surface area contributed by atoms with E-state index in [1.54, 1.807) is 6.07 Å². The van der Waals surface area contributed by atoms with Crippen molar-refractivity contribution in [1.82, 2.24) is 0 Å². The maximum atomic E-state index is 11.0. The summed E-state index contributed by atoms with van der Waals surface area (Å²) < 4.78 is 11.2. The number of nitro benzene ring substituents is 1. The van der Waals surface area contributed by atoms with Gasteiger partial charge in [0, 0.05) is 6.07 Å². The van der Waals surface area contributed by atoms with E-state index in [1.165, 1.54) is 12.1 Å². The van der Waals surface area contributed by atoms with Crippen LogP contribution in [0, 0.1) is 10.1 Å². The van der Waals surface area contributed by atoms with Crippen molar-refractivity contribution < 1.29 is 14.4 Å². The first-order valence-corrected chi connectivity index (χ1v) is 7.36. The third-order valence-electron chi connectivity index (χ3n) is 3.67. The molecule has 1 aromatic rings. The van der Waals surface area contributed by atoms with Gasteiger partial charge in [-0.15, -0.1) is 0 Å². The van der Waals surface area contributed by atoms with Crippen LogP contribution in [0.25, 0.3) is 0 Å². The van der Waals surface area contributed by atoms with Gasteiger partial charge in [-0.2, -0.15) is 0 Å². The summed E-state index contributed by atoms with van der Waals surface area (Å²) >= 11 is 0. The first-order chi connectivity index (χ1) is 10.0. The van der Waals surface area contributed by atoms with E-state index in [1.807, 2.05) is 6.92 Å². The molecule has 6 heteroatoms. The zero-order valence-electron chi connectivity index (χ0n) is 12.3. The van der Waals surface area contributed by atoms with Gasteiger partial charge in [0.25, 0.3) is 5.69 Å². The number of hydrogen-bond donors (Lipinski definition) is 1. The summed E-state index contributed by atoms with van der Waals surface area (Å²) in [6.07, 6.45) is 4.92. The summed E-state index contributed by atoms with van der Waals surface area (Å²) in [6, 6.07) is 4.51. The molecular formula is C15H22N2O4. The highest BCUT2D eigenvalue weighted by Crippen LogP contribution is 2.31. The van der Waals surface area contributed by atoms with Crippen LogP contribution in [-0.2, 0) is 0 Å². The van der Waals surface area contributed by atoms with Gasteiger partial charge < -0.3 is 15.2 Å². The normalized spacial score (nSPS) is 16.7. The van der Waals surface area contributed by atoms with Crippen LogP contribution in [0.5, 0.6) is 11.5 Å². The molecule has 0 aliphatic heterocycles. The van der Waals surface area contributed by atoms with Crippen molar-refractivity contribution in [3.63, 3.8) is 0 Å². The van der Waals surface area contributed by atoms with Crippen molar-refractivity contribution in [2.75, 3.05) is 13.2 Å². The van der Waals surface area contributed by atoms with Crippen LogP contribution >= 0.6 is 0 Å². The minimum atomic E-state index is -0.445. The average molecular weight is 294 g/mol. The Kier molecular flexibility index (Phi) is 5.01. The van der Waals surface area contributed by atoms with Crippen molar-refractivity contribution >= 4 is 5.69 Å². The Bertz CT molecular complexity index is 498. The number of nitrogens with zero attached hydrogens (tertiary/aromatic N) is 1. The van der Waals surface area contributed by atoms with Gasteiger partial charge >= 0.3 is 0 Å². The predicted molar refractivity (Wildman–Crippen MR) is 79.8 cm³/mol. The van der Waals surface area contributed by atoms with E-state index in [0.717, 1.165) is 32.1 Å². The Morgan fingerprint density at radius 3 is 2.43 bits per heavy atom. The SMILES string of the molecule is CCCOc1cc(OCC2(N)CCCC2)cc([N+](=O)[O-])c1. The second kappa shape index (κ2) is 6.76. The zero-order chi connectivity index (χ0) is 15.3. The molecule has 1 aliphatic carbocycles. The lowest BCUT2D eigenvalue weighted by Crippen LogP contribution is -2.42. The molecular weight excluding hydrogens is 272 g/mol. The number of hydrogen-bond acceptors (Lipinski definition) is 5. The van der Waals surface area contributed by atoms with E-state index < -0.39 is 4.92 Å². The Morgan fingerprint density at radius 1 is 1.24 bits per heavy atom. The number of benzene rings is 1. The van der Waals surface area contributed by atoms with E-state index in [2.05, 4.69) is 0 Å². The van der Waals surface area contributed by atoms with Crippen LogP contribution in [0.15, 0.2) is 18.2 Å². The van der Waals surface area contributed by atoms with Crippen LogP contribution in [-0.4, -0.2) is 23.7 Å². The summed E-state index contributed by atoms with van der Waals surface area (Å²) in [4.78, 5) is 10.5. The number of ether oxygens (including phenoxy) is 2. The fourth-order valence-electron chi connectivity index (χ4n) is 2.50. The highest BCUT2D eigenvalue weighted by molar-refractivity contribution is 5.46. The Hall–Kier alpha value is -1.82. The fourth-order valence-corrected chi connectivity index (χ4v) is 2.50. The molecule has 2 rings (SSSR count). The third-order valence-corrected chi connectivity index (χ3v) is 3.67. The smallest absolute Gasteiger partial charge is 0.276 e. The maximum absolute atomic E-state index is 11.0. The van der Waals surface area contributed by atoms with Crippen molar-refractivity contribution in [3.8, 4) is 11.5 Å². The molecule has 1 saturated carbocycles. The van der Waals surface area contributed by atoms with Crippen LogP contribution in [0.4, 0.5) is 5.69 Å². The van der Waals surface area contributed by atoms with Crippen LogP contribution < -0.4 is 15.2 Å². The monoisotopic (exact) mass is 294 g/mol. The molecule has 0 spiro atoms. The molecule has 0 unspecified atom stereocenters. The largest absolute Gasteiger partial charge is 0.493 e. The number of nitrogens with two attached hydrogens (primary N) is 1. The molecule has 0 bridgehead atoms. The lowest BCUT2D eigenvalue weighted by Gasteiger charge is -2.23. The highest BCUT2D eigenvalue weighted by atomic mass is 16.6. The molecule has 21 heavy (non-hydrogen) atoms. The van der Waals surface area contributed by atoms with Gasteiger partial charge in [0.05, 0.1) is 29.2 Å². The minimum Gasteiger partial charge on any atom is -0.493 e. The van der Waals surface area contributed by atoms with Gasteiger partial charge in [-0.25, -0.2) is 0 Å². The van der Waals surface area contributed by atoms with Gasteiger partial charge in [0.15, 0.2) is 0 Å². The van der Waals surface area contributed by atoms with Crippen molar-refractivity contribution in [2.45, 2.75) is 44.6 Å². The first-order valence-electron chi connectivity index (χ1n) is 7.36. The molecule has 116 valence electrons. The van der Waals surface area contributed by atoms with Crippen molar-refractivity contribution in [2.24, 2.45) is 5.73 Å². The van der Waals surface area contributed by atoms with Crippen molar-refractivity contribution in [1.29, 1.82) is 0 Å². The Morgan fingerprint density at radius 2 is 1.86 bits per heavy atom. The predicted octanol–water partition coefficient (Wildman–Crippen LogP) is 3.03. The van der Waals surface area contributed by atoms with Gasteiger partial charge in [-0.05, 0) is 19.3 Å². The van der Waals surface area contributed by atoms with Gasteiger partial charge in [-0.3, -0.25) is 10.1 Å². The molecule has 6 nitrogen and oxygen atoms in total. The van der Waals surface area contributed by atoms with Crippen molar-refractivity contribution in [3.05, 3.63) is 28.3 Å². The lowest BCUT2D eigenvalue weighted by molar-refractivity contribution is -0.385. The maximum Gasteiger partial charge on any atom is 0.276 e. The average Bonchev–Trinajstić information content (AvgIpc) is 2.90. The number of non-ortho nitro benzene ring substituents is 1. The summed E-state index contributed by atoms with van der Waals surface area (Å²) in [5.41, 5.74) is 5.89. The molecule has 2 N–H and O–H groups in total. The number of nitro groups is 1. The zero-order valence-corrected chi connectivity index (χ0v) is 12.3. The second-order valence-electron chi connectivity index (χ2n) is 5.63. The van der Waals surface area contributed by atoms with E-state index in [4.69, 9.17) is 15.2 Å². The van der Waals surface area contributed by atoms with Gasteiger partial charge in [0.2, 0.25) is 0 Å². The Labute approximate surface area is 124 Å². The molecule has 1 aliphatic rings. The fraction of sp³-hybridized carbons (Fsp3) is 0.600. The van der Waals surface area contributed by atoms with E-state index in [-0.39, 0.29) is 11.2 Å². The van der Waals surface area contributed by atoms with Gasteiger partial charge in [-0.1, -0.05) is 19.8 Å². The molecule has 1 aromatic carbocycles. The highest BCUT2D eigenvalue weighted by Gasteiger charge is 2.30. The minimum absolute atomic E-state index is 0.0314. The summed E-state index contributed by atoms with van der Waals surface area (Å²) in [6.45, 7) is 2.87. The summed E-state index contributed by atoms with van der Waals surface area (Å²) in [5, 5.41) is 11.0. The molecule has 0 heterocycles.